The second-order valence-electron chi connectivity index (χ2n) is 9.88. The summed E-state index contributed by atoms with van der Waals surface area (Å²) < 4.78 is 28.0. The van der Waals surface area contributed by atoms with E-state index in [9.17, 15) is 35.1 Å². The van der Waals surface area contributed by atoms with Crippen molar-refractivity contribution in [2.75, 3.05) is 13.2 Å². The van der Waals surface area contributed by atoms with Gasteiger partial charge in [0, 0.05) is 17.4 Å². The number of aliphatic hydroxyl groups is 3. The van der Waals surface area contributed by atoms with Crippen LogP contribution in [0.3, 0.4) is 0 Å². The van der Waals surface area contributed by atoms with E-state index < -0.39 is 67.2 Å². The molecule has 3 aliphatic heterocycles. The Morgan fingerprint density at radius 1 is 1.10 bits per heavy atom. The van der Waals surface area contributed by atoms with E-state index in [4.69, 9.17) is 23.7 Å². The normalized spacial score (nSPS) is 31.2. The number of hydrogen-bond acceptors (Lipinski definition) is 12. The van der Waals surface area contributed by atoms with Gasteiger partial charge in [0.2, 0.25) is 12.6 Å². The number of benzene rings is 2. The van der Waals surface area contributed by atoms with E-state index in [0.717, 1.165) is 0 Å². The summed E-state index contributed by atoms with van der Waals surface area (Å²) in [6.45, 7) is 3.33. The molecule has 0 spiro atoms. The molecule has 0 amide bonds. The highest BCUT2D eigenvalue weighted by Crippen LogP contribution is 2.39. The fourth-order valence-corrected chi connectivity index (χ4v) is 5.30. The molecule has 0 unspecified atom stereocenters. The van der Waals surface area contributed by atoms with Crippen molar-refractivity contribution in [3.8, 4) is 22.6 Å². The Hall–Kier alpha value is -3.94. The number of carbonyl (C=O) groups excluding carboxylic acids is 2. The number of aliphatic hydroxyl groups excluding tert-OH is 3. The van der Waals surface area contributed by atoms with Crippen LogP contribution in [0.1, 0.15) is 16.8 Å². The van der Waals surface area contributed by atoms with E-state index in [1.54, 1.807) is 18.2 Å². The number of aromatic hydroxyl groups is 2. The zero-order valence-corrected chi connectivity index (χ0v) is 21.7. The van der Waals surface area contributed by atoms with Gasteiger partial charge in [-0.2, -0.15) is 0 Å². The lowest BCUT2D eigenvalue weighted by molar-refractivity contribution is -0.338. The highest BCUT2D eigenvalue weighted by atomic mass is 16.8. The summed E-state index contributed by atoms with van der Waals surface area (Å²) in [5.41, 5.74) is 0.678. The quantitative estimate of drug-likeness (QED) is 0.238. The standard InChI is InChI=1S/C29H30O12/c1-2-16-18-9-10-37-26(35)19(18)13-38-28(16)41-29-25(24(34)23(33)21(12-30)39-29)40-27(36)22-17(7-4-8-20(22)32)14-5-3-6-15(31)11-14/h2-8,11,13,16,18,21,23-25,28-34H,1,9-10,12H2/t16-,18+,21-,23-,24+,25-,28+,29+/m1/s1. The number of carbonyl (C=O) groups is 2. The van der Waals surface area contributed by atoms with Crippen LogP contribution in [-0.4, -0.2) is 87.7 Å². The maximum atomic E-state index is 13.5. The summed E-state index contributed by atoms with van der Waals surface area (Å²) in [5.74, 6) is -3.00. The molecule has 3 aliphatic rings. The van der Waals surface area contributed by atoms with Crippen LogP contribution < -0.4 is 0 Å². The third-order valence-corrected chi connectivity index (χ3v) is 7.42. The maximum Gasteiger partial charge on any atom is 0.343 e. The molecule has 0 aromatic heterocycles. The van der Waals surface area contributed by atoms with Gasteiger partial charge in [-0.05, 0) is 30.2 Å². The predicted molar refractivity (Wildman–Crippen MR) is 139 cm³/mol. The van der Waals surface area contributed by atoms with Crippen molar-refractivity contribution in [1.29, 1.82) is 0 Å². The fraction of sp³-hybridized carbons (Fsp3) is 0.379. The lowest BCUT2D eigenvalue weighted by atomic mass is 9.81. The van der Waals surface area contributed by atoms with Crippen molar-refractivity contribution in [3.63, 3.8) is 0 Å². The van der Waals surface area contributed by atoms with Crippen molar-refractivity contribution in [1.82, 2.24) is 0 Å². The molecule has 3 heterocycles. The number of hydrogen-bond donors (Lipinski definition) is 5. The zero-order chi connectivity index (χ0) is 29.3. The first kappa shape index (κ1) is 28.6. The Morgan fingerprint density at radius 2 is 1.88 bits per heavy atom. The number of esters is 2. The summed E-state index contributed by atoms with van der Waals surface area (Å²) in [6, 6.07) is 10.3. The molecule has 0 bridgehead atoms. The van der Waals surface area contributed by atoms with Crippen molar-refractivity contribution in [3.05, 3.63) is 72.5 Å². The SMILES string of the molecule is C=C[C@H]1[C@H](O[C@@H]2O[C@H](CO)[C@@H](O)[C@H](O)[C@H]2OC(=O)c2c(O)cccc2-c2cccc(O)c2)OC=C2C(=O)OCC[C@H]21. The minimum absolute atomic E-state index is 0.0689. The predicted octanol–water partition coefficient (Wildman–Crippen LogP) is 1.35. The van der Waals surface area contributed by atoms with Crippen molar-refractivity contribution in [2.45, 2.75) is 43.4 Å². The number of rotatable bonds is 7. The highest BCUT2D eigenvalue weighted by molar-refractivity contribution is 6.00. The van der Waals surface area contributed by atoms with Gasteiger partial charge in [-0.3, -0.25) is 0 Å². The second-order valence-corrected chi connectivity index (χ2v) is 9.88. The highest BCUT2D eigenvalue weighted by Gasteiger charge is 2.50. The molecule has 12 nitrogen and oxygen atoms in total. The van der Waals surface area contributed by atoms with Crippen LogP contribution in [0.5, 0.6) is 11.5 Å². The molecule has 0 aliphatic carbocycles. The van der Waals surface area contributed by atoms with Crippen LogP contribution in [0.25, 0.3) is 11.1 Å². The van der Waals surface area contributed by atoms with Crippen molar-refractivity contribution in [2.24, 2.45) is 11.8 Å². The molecule has 41 heavy (non-hydrogen) atoms. The van der Waals surface area contributed by atoms with Crippen molar-refractivity contribution < 1.29 is 58.8 Å². The molecule has 0 saturated carbocycles. The summed E-state index contributed by atoms with van der Waals surface area (Å²) in [7, 11) is 0. The van der Waals surface area contributed by atoms with E-state index in [1.165, 1.54) is 36.6 Å². The second kappa shape index (κ2) is 11.9. The van der Waals surface area contributed by atoms with Crippen molar-refractivity contribution >= 4 is 11.9 Å². The third-order valence-electron chi connectivity index (χ3n) is 7.42. The minimum Gasteiger partial charge on any atom is -0.508 e. The molecule has 2 fully saturated rings. The largest absolute Gasteiger partial charge is 0.508 e. The lowest BCUT2D eigenvalue weighted by Crippen LogP contribution is -2.61. The molecule has 12 heteroatoms. The molecule has 8 atom stereocenters. The van der Waals surface area contributed by atoms with Gasteiger partial charge in [-0.1, -0.05) is 30.3 Å². The topological polar surface area (TPSA) is 181 Å². The van der Waals surface area contributed by atoms with E-state index >= 15 is 0 Å². The zero-order valence-electron chi connectivity index (χ0n) is 21.7. The summed E-state index contributed by atoms with van der Waals surface area (Å²) >= 11 is 0. The Morgan fingerprint density at radius 3 is 2.61 bits per heavy atom. The summed E-state index contributed by atoms with van der Waals surface area (Å²) in [4.78, 5) is 25.7. The van der Waals surface area contributed by atoms with E-state index in [1.807, 2.05) is 0 Å². The number of phenolic OH excluding ortho intramolecular Hbond substituents is 2. The van der Waals surface area contributed by atoms with Gasteiger partial charge in [-0.25, -0.2) is 9.59 Å². The van der Waals surface area contributed by atoms with Gasteiger partial charge in [0.25, 0.3) is 0 Å². The number of ether oxygens (including phenoxy) is 5. The molecular formula is C29H30O12. The molecule has 2 aromatic rings. The van der Waals surface area contributed by atoms with Crippen LogP contribution in [0.15, 0.2) is 67.0 Å². The third kappa shape index (κ3) is 5.52. The first-order valence-electron chi connectivity index (χ1n) is 13.0. The van der Waals surface area contributed by atoms with Gasteiger partial charge in [0.05, 0.1) is 25.0 Å². The van der Waals surface area contributed by atoms with Crippen LogP contribution >= 0.6 is 0 Å². The molecule has 2 saturated heterocycles. The molecule has 2 aromatic carbocycles. The molecule has 0 radical (unpaired) electrons. The van der Waals surface area contributed by atoms with Crippen LogP contribution in [0.2, 0.25) is 0 Å². The monoisotopic (exact) mass is 570 g/mol. The Bertz CT molecular complexity index is 1340. The van der Waals surface area contributed by atoms with Crippen LogP contribution in [0, 0.1) is 11.8 Å². The maximum absolute atomic E-state index is 13.5. The summed E-state index contributed by atoms with van der Waals surface area (Å²) in [5, 5.41) is 51.7. The Balaban J connectivity index is 1.44. The number of fused-ring (bicyclic) bond motifs is 1. The average molecular weight is 571 g/mol. The molecule has 5 rings (SSSR count). The van der Waals surface area contributed by atoms with Gasteiger partial charge >= 0.3 is 11.9 Å². The van der Waals surface area contributed by atoms with Gasteiger partial charge < -0.3 is 49.2 Å². The first-order valence-corrected chi connectivity index (χ1v) is 13.0. The fourth-order valence-electron chi connectivity index (χ4n) is 5.30. The molecular weight excluding hydrogens is 540 g/mol. The van der Waals surface area contributed by atoms with E-state index in [2.05, 4.69) is 6.58 Å². The van der Waals surface area contributed by atoms with Gasteiger partial charge in [0.1, 0.15) is 35.4 Å². The van der Waals surface area contributed by atoms with Gasteiger partial charge in [-0.15, -0.1) is 6.58 Å². The Kier molecular flexibility index (Phi) is 8.29. The number of phenols is 2. The van der Waals surface area contributed by atoms with Gasteiger partial charge in [0.15, 0.2) is 6.10 Å². The minimum atomic E-state index is -1.77. The van der Waals surface area contributed by atoms with E-state index in [-0.39, 0.29) is 29.4 Å². The molecule has 218 valence electrons. The Labute approximate surface area is 234 Å². The van der Waals surface area contributed by atoms with Crippen LogP contribution in [0.4, 0.5) is 0 Å². The lowest BCUT2D eigenvalue weighted by Gasteiger charge is -2.44. The van der Waals surface area contributed by atoms with Crippen LogP contribution in [-0.2, 0) is 28.5 Å². The van der Waals surface area contributed by atoms with E-state index in [0.29, 0.717) is 17.6 Å². The smallest absolute Gasteiger partial charge is 0.343 e. The number of cyclic esters (lactones) is 1. The average Bonchev–Trinajstić information content (AvgIpc) is 2.96. The molecule has 5 N–H and O–H groups in total. The summed E-state index contributed by atoms with van der Waals surface area (Å²) in [6.07, 6.45) is -5.78. The first-order chi connectivity index (χ1) is 19.7.